The quantitative estimate of drug-likeness (QED) is 0.399. The molecule has 1 aromatic carbocycles. The Bertz CT molecular complexity index is 1200. The molecule has 0 spiro atoms. The van der Waals surface area contributed by atoms with Crippen LogP contribution in [0.2, 0.25) is 0 Å². The van der Waals surface area contributed by atoms with Crippen LogP contribution in [-0.4, -0.2) is 53.6 Å². The summed E-state index contributed by atoms with van der Waals surface area (Å²) in [5.41, 5.74) is -0.266. The SMILES string of the molecule is CC(C)OC(=O)NC1CCC(c2nnc(-c3ccc(NC(=O)O)cc3S(=O)(=O)NC(C)(C)C)s2)CC1. The van der Waals surface area contributed by atoms with E-state index < -0.39 is 27.7 Å². The topological polar surface area (TPSA) is 160 Å². The number of sulfonamides is 1. The highest BCUT2D eigenvalue weighted by molar-refractivity contribution is 7.89. The molecule has 4 N–H and O–H groups in total. The summed E-state index contributed by atoms with van der Waals surface area (Å²) in [6, 6.07) is 4.35. The van der Waals surface area contributed by atoms with Crippen molar-refractivity contribution in [1.82, 2.24) is 20.2 Å². The molecular formula is C23H33N5O6S2. The molecule has 3 rings (SSSR count). The van der Waals surface area contributed by atoms with Crippen LogP contribution >= 0.6 is 11.3 Å². The lowest BCUT2D eigenvalue weighted by molar-refractivity contribution is 0.109. The van der Waals surface area contributed by atoms with Gasteiger partial charge in [0.15, 0.2) is 0 Å². The lowest BCUT2D eigenvalue weighted by atomic mass is 9.86. The molecule has 13 heteroatoms. The van der Waals surface area contributed by atoms with Gasteiger partial charge in [-0.15, -0.1) is 10.2 Å². The summed E-state index contributed by atoms with van der Waals surface area (Å²) in [6.07, 6.45) is 1.27. The summed E-state index contributed by atoms with van der Waals surface area (Å²) < 4.78 is 34.2. The van der Waals surface area contributed by atoms with E-state index in [9.17, 15) is 18.0 Å². The van der Waals surface area contributed by atoms with Crippen LogP contribution in [0.5, 0.6) is 0 Å². The molecule has 1 aliphatic rings. The Morgan fingerprint density at radius 3 is 2.39 bits per heavy atom. The zero-order valence-electron chi connectivity index (χ0n) is 21.0. The summed E-state index contributed by atoms with van der Waals surface area (Å²) in [7, 11) is -3.99. The zero-order chi connectivity index (χ0) is 26.7. The second kappa shape index (κ2) is 11.1. The van der Waals surface area contributed by atoms with Crippen molar-refractivity contribution in [3.63, 3.8) is 0 Å². The highest BCUT2D eigenvalue weighted by Crippen LogP contribution is 2.38. The number of nitrogens with one attached hydrogen (secondary N) is 3. The van der Waals surface area contributed by atoms with E-state index in [0.717, 1.165) is 30.7 Å². The third-order valence-corrected chi connectivity index (χ3v) is 8.29. The van der Waals surface area contributed by atoms with E-state index in [-0.39, 0.29) is 28.6 Å². The molecule has 11 nitrogen and oxygen atoms in total. The van der Waals surface area contributed by atoms with Crippen LogP contribution in [0.25, 0.3) is 10.6 Å². The van der Waals surface area contributed by atoms with Crippen molar-refractivity contribution >= 4 is 39.2 Å². The van der Waals surface area contributed by atoms with Gasteiger partial charge in [-0.2, -0.15) is 0 Å². The number of ether oxygens (including phenoxy) is 1. The van der Waals surface area contributed by atoms with Gasteiger partial charge in [0.1, 0.15) is 10.0 Å². The zero-order valence-corrected chi connectivity index (χ0v) is 22.6. The largest absolute Gasteiger partial charge is 0.465 e. The minimum absolute atomic E-state index is 0.0365. The summed E-state index contributed by atoms with van der Waals surface area (Å²) >= 11 is 1.32. The Kier molecular flexibility index (Phi) is 8.57. The summed E-state index contributed by atoms with van der Waals surface area (Å²) in [4.78, 5) is 22.9. The van der Waals surface area contributed by atoms with E-state index in [4.69, 9.17) is 9.84 Å². The number of hydrogen-bond acceptors (Lipinski definition) is 8. The number of hydrogen-bond donors (Lipinski definition) is 4. The van der Waals surface area contributed by atoms with Crippen LogP contribution < -0.4 is 15.4 Å². The van der Waals surface area contributed by atoms with Crippen molar-refractivity contribution in [2.75, 3.05) is 5.32 Å². The average molecular weight is 540 g/mol. The highest BCUT2D eigenvalue weighted by atomic mass is 32.2. The van der Waals surface area contributed by atoms with Gasteiger partial charge >= 0.3 is 12.2 Å². The first-order chi connectivity index (χ1) is 16.7. The van der Waals surface area contributed by atoms with E-state index in [1.54, 1.807) is 34.6 Å². The molecule has 36 heavy (non-hydrogen) atoms. The van der Waals surface area contributed by atoms with Crippen LogP contribution in [0.4, 0.5) is 15.3 Å². The maximum Gasteiger partial charge on any atom is 0.409 e. The molecule has 2 amide bonds. The third kappa shape index (κ3) is 7.61. The first kappa shape index (κ1) is 27.8. The van der Waals surface area contributed by atoms with Gasteiger partial charge in [-0.25, -0.2) is 22.7 Å². The predicted octanol–water partition coefficient (Wildman–Crippen LogP) is 4.53. The molecule has 0 radical (unpaired) electrons. The number of carboxylic acid groups (broad SMARTS) is 1. The van der Waals surface area contributed by atoms with Crippen molar-refractivity contribution in [2.24, 2.45) is 0 Å². The maximum absolute atomic E-state index is 13.2. The van der Waals surface area contributed by atoms with Gasteiger partial charge in [0.05, 0.1) is 11.0 Å². The van der Waals surface area contributed by atoms with Gasteiger partial charge in [-0.3, -0.25) is 5.32 Å². The summed E-state index contributed by atoms with van der Waals surface area (Å²) in [6.45, 7) is 8.77. The second-order valence-electron chi connectivity index (χ2n) is 10.1. The lowest BCUT2D eigenvalue weighted by Gasteiger charge is -2.27. The molecule has 1 aliphatic carbocycles. The van der Waals surface area contributed by atoms with Gasteiger partial charge in [0, 0.05) is 28.7 Å². The Balaban J connectivity index is 1.81. The van der Waals surface area contributed by atoms with Crippen molar-refractivity contribution in [3.05, 3.63) is 23.2 Å². The number of amides is 2. The van der Waals surface area contributed by atoms with E-state index in [2.05, 4.69) is 25.6 Å². The van der Waals surface area contributed by atoms with Crippen molar-refractivity contribution in [1.29, 1.82) is 0 Å². The molecule has 0 saturated heterocycles. The number of alkyl carbamates (subject to hydrolysis) is 1. The van der Waals surface area contributed by atoms with Crippen LogP contribution in [0, 0.1) is 0 Å². The van der Waals surface area contributed by atoms with Crippen molar-refractivity contribution in [2.45, 2.75) is 88.8 Å². The molecule has 2 aromatic rings. The number of carbonyl (C=O) groups excluding carboxylic acids is 1. The fourth-order valence-electron chi connectivity index (χ4n) is 3.99. The smallest absolute Gasteiger partial charge is 0.409 e. The molecular weight excluding hydrogens is 506 g/mol. The van der Waals surface area contributed by atoms with Crippen LogP contribution in [0.1, 0.15) is 71.2 Å². The number of rotatable bonds is 7. The Morgan fingerprint density at radius 1 is 1.14 bits per heavy atom. The first-order valence-corrected chi connectivity index (χ1v) is 14.0. The molecule has 0 aliphatic heterocycles. The Labute approximate surface area is 215 Å². The van der Waals surface area contributed by atoms with Crippen LogP contribution in [0.15, 0.2) is 23.1 Å². The molecule has 1 fully saturated rings. The first-order valence-electron chi connectivity index (χ1n) is 11.7. The van der Waals surface area contributed by atoms with Gasteiger partial charge in [-0.05, 0) is 78.5 Å². The molecule has 198 valence electrons. The normalized spacial score (nSPS) is 18.6. The third-order valence-electron chi connectivity index (χ3n) is 5.38. The van der Waals surface area contributed by atoms with E-state index in [1.165, 1.54) is 29.5 Å². The predicted molar refractivity (Wildman–Crippen MR) is 137 cm³/mol. The fraction of sp³-hybridized carbons (Fsp3) is 0.565. The number of carbonyl (C=O) groups is 2. The summed E-state index contributed by atoms with van der Waals surface area (Å²) in [5.74, 6) is 0.149. The minimum Gasteiger partial charge on any atom is -0.465 e. The van der Waals surface area contributed by atoms with Gasteiger partial charge < -0.3 is 15.2 Å². The highest BCUT2D eigenvalue weighted by Gasteiger charge is 2.29. The number of aromatic nitrogens is 2. The minimum atomic E-state index is -3.99. The summed E-state index contributed by atoms with van der Waals surface area (Å²) in [5, 5.41) is 24.0. The van der Waals surface area contributed by atoms with Crippen molar-refractivity contribution < 1.29 is 27.9 Å². The van der Waals surface area contributed by atoms with Crippen LogP contribution in [0.3, 0.4) is 0 Å². The van der Waals surface area contributed by atoms with Gasteiger partial charge in [0.2, 0.25) is 10.0 Å². The fourth-order valence-corrected chi connectivity index (χ4v) is 6.76. The average Bonchev–Trinajstić information content (AvgIpc) is 3.21. The maximum atomic E-state index is 13.2. The monoisotopic (exact) mass is 539 g/mol. The number of anilines is 1. The second-order valence-corrected chi connectivity index (χ2v) is 12.7. The molecule has 1 aromatic heterocycles. The number of nitrogens with zero attached hydrogens (tertiary/aromatic N) is 2. The number of benzene rings is 1. The molecule has 1 saturated carbocycles. The Hall–Kier alpha value is -2.77. The van der Waals surface area contributed by atoms with Crippen molar-refractivity contribution in [3.8, 4) is 10.6 Å². The molecule has 1 heterocycles. The van der Waals surface area contributed by atoms with E-state index in [0.29, 0.717) is 10.6 Å². The standard InChI is InChI=1S/C23H33N5O6S2/c1-13(2)34-22(31)25-15-8-6-14(7-9-15)19-26-27-20(35-19)17-11-10-16(24-21(29)30)12-18(17)36(32,33)28-23(3,4)5/h10-15,24,28H,6-9H2,1-5H3,(H,25,31)(H,29,30). The van der Waals surface area contributed by atoms with Gasteiger partial charge in [0.25, 0.3) is 0 Å². The Morgan fingerprint density at radius 2 is 1.81 bits per heavy atom. The molecule has 0 bridgehead atoms. The lowest BCUT2D eigenvalue weighted by Crippen LogP contribution is -2.40. The van der Waals surface area contributed by atoms with Crippen LogP contribution in [-0.2, 0) is 14.8 Å². The van der Waals surface area contributed by atoms with E-state index in [1.807, 2.05) is 0 Å². The van der Waals surface area contributed by atoms with E-state index >= 15 is 0 Å². The van der Waals surface area contributed by atoms with Gasteiger partial charge in [-0.1, -0.05) is 11.3 Å². The molecule has 0 atom stereocenters. The molecule has 0 unspecified atom stereocenters.